The van der Waals surface area contributed by atoms with Crippen molar-refractivity contribution in [2.24, 2.45) is 0 Å². The third-order valence-electron chi connectivity index (χ3n) is 5.60. The molecule has 0 radical (unpaired) electrons. The predicted molar refractivity (Wildman–Crippen MR) is 130 cm³/mol. The van der Waals surface area contributed by atoms with Crippen LogP contribution in [-0.2, 0) is 4.84 Å². The summed E-state index contributed by atoms with van der Waals surface area (Å²) in [5, 5.41) is 8.20. The van der Waals surface area contributed by atoms with Crippen LogP contribution in [0.25, 0.3) is 0 Å². The molecule has 7 heteroatoms. The fourth-order valence-corrected chi connectivity index (χ4v) is 4.19. The van der Waals surface area contributed by atoms with E-state index in [1.54, 1.807) is 41.5 Å². The van der Waals surface area contributed by atoms with Gasteiger partial charge in [0, 0.05) is 16.8 Å². The van der Waals surface area contributed by atoms with E-state index in [4.69, 9.17) is 10.6 Å². The van der Waals surface area contributed by atoms with E-state index in [9.17, 15) is 9.59 Å². The first-order valence-corrected chi connectivity index (χ1v) is 11.1. The zero-order chi connectivity index (χ0) is 23.6. The number of anilines is 3. The minimum Gasteiger partial charge on any atom is -0.398 e. The van der Waals surface area contributed by atoms with Crippen molar-refractivity contribution in [2.75, 3.05) is 23.9 Å². The molecule has 1 aliphatic rings. The Kier molecular flexibility index (Phi) is 6.29. The van der Waals surface area contributed by atoms with Crippen LogP contribution in [0, 0.1) is 0 Å². The average molecular weight is 445 g/mol. The van der Waals surface area contributed by atoms with Gasteiger partial charge in [-0.1, -0.05) is 56.3 Å². The lowest BCUT2D eigenvalue weighted by molar-refractivity contribution is -0.0809. The van der Waals surface area contributed by atoms with Gasteiger partial charge in [0.2, 0.25) is 0 Å². The van der Waals surface area contributed by atoms with Gasteiger partial charge in [-0.2, -0.15) is 0 Å². The Hall–Kier alpha value is -3.52. The Labute approximate surface area is 193 Å². The van der Waals surface area contributed by atoms with Crippen LogP contribution in [0.4, 0.5) is 17.1 Å². The quantitative estimate of drug-likeness (QED) is 0.215. The summed E-state index contributed by atoms with van der Waals surface area (Å²) >= 11 is 0. The van der Waals surface area contributed by atoms with E-state index in [2.05, 4.69) is 10.6 Å². The number of nitrogens with one attached hydrogen (secondary N) is 2. The summed E-state index contributed by atoms with van der Waals surface area (Å²) in [7, 11) is 0. The minimum absolute atomic E-state index is 0.203. The number of nitrogens with zero attached hydrogens (tertiary/aromatic N) is 1. The topological polar surface area (TPSA) is 96.7 Å². The first-order valence-electron chi connectivity index (χ1n) is 11.1. The van der Waals surface area contributed by atoms with E-state index in [1.807, 2.05) is 51.1 Å². The fraction of sp³-hybridized carbons (Fsp3) is 0.231. The van der Waals surface area contributed by atoms with Gasteiger partial charge in [-0.15, -0.1) is 0 Å². The fourth-order valence-electron chi connectivity index (χ4n) is 4.19. The average Bonchev–Trinajstić information content (AvgIpc) is 2.82. The van der Waals surface area contributed by atoms with Crippen LogP contribution in [0.5, 0.6) is 0 Å². The van der Waals surface area contributed by atoms with Crippen molar-refractivity contribution in [3.63, 3.8) is 0 Å². The molecule has 7 nitrogen and oxygen atoms in total. The number of benzene rings is 3. The Bertz CT molecular complexity index is 1190. The second-order valence-electron chi connectivity index (χ2n) is 7.94. The molecule has 4 rings (SSSR count). The van der Waals surface area contributed by atoms with Crippen molar-refractivity contribution in [3.8, 4) is 0 Å². The molecular formula is C26H28N4O3. The van der Waals surface area contributed by atoms with Gasteiger partial charge in [-0.05, 0) is 44.3 Å². The van der Waals surface area contributed by atoms with Crippen LogP contribution < -0.4 is 21.4 Å². The summed E-state index contributed by atoms with van der Waals surface area (Å²) in [5.74, 6) is -1.47. The third-order valence-corrected chi connectivity index (χ3v) is 5.60. The Balaban J connectivity index is 1.92. The normalized spacial score (nSPS) is 12.9. The molecule has 3 aromatic carbocycles. The second kappa shape index (κ2) is 9.15. The first kappa shape index (κ1) is 22.7. The molecule has 0 spiro atoms. The molecule has 0 fully saturated rings. The SMILES string of the molecule is CCNC(C)(NCC)ON(c1ccccc1)c1ccc(N)c2c1C(=O)c1ccccc1C2=O. The summed E-state index contributed by atoms with van der Waals surface area (Å²) in [4.78, 5) is 33.5. The van der Waals surface area contributed by atoms with Crippen LogP contribution >= 0.6 is 0 Å². The molecule has 0 amide bonds. The summed E-state index contributed by atoms with van der Waals surface area (Å²) in [5.41, 5.74) is 8.78. The van der Waals surface area contributed by atoms with Crippen LogP contribution in [0.2, 0.25) is 0 Å². The van der Waals surface area contributed by atoms with Crippen molar-refractivity contribution in [2.45, 2.75) is 26.6 Å². The standard InChI is InChI=1S/C26H28N4O3/c1-4-28-26(3,29-5-2)33-30(17-11-7-6-8-12-17)21-16-15-20(27)22-23(21)25(32)19-14-10-9-13-18(19)24(22)31/h6-16,28-29H,4-5,27H2,1-3H3. The molecule has 170 valence electrons. The van der Waals surface area contributed by atoms with Gasteiger partial charge in [0.05, 0.1) is 22.5 Å². The van der Waals surface area contributed by atoms with Gasteiger partial charge >= 0.3 is 0 Å². The summed E-state index contributed by atoms with van der Waals surface area (Å²) in [6, 6.07) is 19.6. The van der Waals surface area contributed by atoms with Gasteiger partial charge in [-0.3, -0.25) is 20.2 Å². The number of rotatable bonds is 8. The molecule has 0 saturated heterocycles. The zero-order valence-electron chi connectivity index (χ0n) is 19.0. The molecular weight excluding hydrogens is 416 g/mol. The highest BCUT2D eigenvalue weighted by Crippen LogP contribution is 2.40. The molecule has 0 bridgehead atoms. The van der Waals surface area contributed by atoms with Crippen LogP contribution in [0.15, 0.2) is 66.7 Å². The first-order chi connectivity index (χ1) is 15.9. The van der Waals surface area contributed by atoms with Gasteiger partial charge in [0.1, 0.15) is 0 Å². The van der Waals surface area contributed by atoms with Gasteiger partial charge in [0.25, 0.3) is 0 Å². The Morgan fingerprint density at radius 2 is 1.36 bits per heavy atom. The van der Waals surface area contributed by atoms with E-state index < -0.39 is 5.85 Å². The molecule has 0 saturated carbocycles. The number of ketones is 2. The third kappa shape index (κ3) is 4.14. The number of nitrogens with two attached hydrogens (primary N) is 1. The summed E-state index contributed by atoms with van der Waals surface area (Å²) in [6.45, 7) is 7.14. The van der Waals surface area contributed by atoms with E-state index in [-0.39, 0.29) is 28.4 Å². The van der Waals surface area contributed by atoms with Crippen LogP contribution in [0.1, 0.15) is 52.6 Å². The van der Waals surface area contributed by atoms with Gasteiger partial charge < -0.3 is 5.73 Å². The molecule has 33 heavy (non-hydrogen) atoms. The molecule has 0 atom stereocenters. The lowest BCUT2D eigenvalue weighted by atomic mass is 9.82. The maximum Gasteiger partial charge on any atom is 0.198 e. The van der Waals surface area contributed by atoms with Gasteiger partial charge in [-0.25, -0.2) is 9.90 Å². The molecule has 3 aromatic rings. The minimum atomic E-state index is -0.937. The molecule has 1 aliphatic carbocycles. The van der Waals surface area contributed by atoms with Crippen molar-refractivity contribution in [1.29, 1.82) is 0 Å². The number of carbonyl (C=O) groups is 2. The number of nitrogen functional groups attached to an aromatic ring is 1. The molecule has 0 unspecified atom stereocenters. The smallest absolute Gasteiger partial charge is 0.198 e. The predicted octanol–water partition coefficient (Wildman–Crippen LogP) is 4.01. The number of carbonyl (C=O) groups excluding carboxylic acids is 2. The van der Waals surface area contributed by atoms with E-state index >= 15 is 0 Å². The monoisotopic (exact) mass is 444 g/mol. The largest absolute Gasteiger partial charge is 0.398 e. The van der Waals surface area contributed by atoms with E-state index in [1.165, 1.54) is 0 Å². The molecule has 0 heterocycles. The van der Waals surface area contributed by atoms with Crippen molar-refractivity contribution < 1.29 is 14.4 Å². The van der Waals surface area contributed by atoms with Crippen molar-refractivity contribution in [1.82, 2.24) is 10.6 Å². The van der Waals surface area contributed by atoms with Gasteiger partial charge in [0.15, 0.2) is 17.4 Å². The lowest BCUT2D eigenvalue weighted by Gasteiger charge is -2.38. The number of hydrogen-bond acceptors (Lipinski definition) is 7. The molecule has 4 N–H and O–H groups in total. The highest BCUT2D eigenvalue weighted by Gasteiger charge is 2.37. The molecule has 0 aliphatic heterocycles. The maximum atomic E-state index is 13.7. The number of fused-ring (bicyclic) bond motifs is 2. The van der Waals surface area contributed by atoms with Crippen LogP contribution in [0.3, 0.4) is 0 Å². The van der Waals surface area contributed by atoms with E-state index in [0.29, 0.717) is 35.6 Å². The zero-order valence-corrected chi connectivity index (χ0v) is 19.0. The van der Waals surface area contributed by atoms with E-state index in [0.717, 1.165) is 0 Å². The highest BCUT2D eigenvalue weighted by molar-refractivity contribution is 6.31. The van der Waals surface area contributed by atoms with Crippen molar-refractivity contribution >= 4 is 28.6 Å². The second-order valence-corrected chi connectivity index (χ2v) is 7.94. The Morgan fingerprint density at radius 1 is 0.818 bits per heavy atom. The summed E-state index contributed by atoms with van der Waals surface area (Å²) in [6.07, 6.45) is 0. The lowest BCUT2D eigenvalue weighted by Crippen LogP contribution is -2.59. The highest BCUT2D eigenvalue weighted by atomic mass is 16.7. The number of para-hydroxylation sites is 1. The maximum absolute atomic E-state index is 13.7. The Morgan fingerprint density at radius 3 is 1.94 bits per heavy atom. The van der Waals surface area contributed by atoms with Crippen LogP contribution in [-0.4, -0.2) is 30.5 Å². The van der Waals surface area contributed by atoms with Crippen molar-refractivity contribution in [3.05, 3.63) is 89.0 Å². The number of hydrogen-bond donors (Lipinski definition) is 3. The molecule has 0 aromatic heterocycles. The summed E-state index contributed by atoms with van der Waals surface area (Å²) < 4.78 is 0.